The van der Waals surface area contributed by atoms with E-state index in [1.165, 1.54) is 6.08 Å². The van der Waals surface area contributed by atoms with Crippen molar-refractivity contribution in [2.45, 2.75) is 26.7 Å². The summed E-state index contributed by atoms with van der Waals surface area (Å²) in [4.78, 5) is 12.0. The summed E-state index contributed by atoms with van der Waals surface area (Å²) in [6.07, 6.45) is 4.93. The van der Waals surface area contributed by atoms with Gasteiger partial charge in [-0.3, -0.25) is 4.79 Å². The third kappa shape index (κ3) is 7.35. The minimum Gasteiger partial charge on any atom is -0.508 e. The molecule has 1 amide bonds. The van der Waals surface area contributed by atoms with Crippen molar-refractivity contribution in [3.05, 3.63) is 59.7 Å². The molecular weight excluding hydrogens is 354 g/mol. The number of methoxy groups -OCH3 is 1. The van der Waals surface area contributed by atoms with Gasteiger partial charge in [0.2, 0.25) is 5.91 Å². The fraction of sp³-hybridized carbons (Fsp3) is 0.348. The minimum atomic E-state index is -0.156. The van der Waals surface area contributed by atoms with Crippen molar-refractivity contribution in [2.75, 3.05) is 20.3 Å². The van der Waals surface area contributed by atoms with Gasteiger partial charge in [0.1, 0.15) is 5.75 Å². The summed E-state index contributed by atoms with van der Waals surface area (Å²) in [5.41, 5.74) is 1.93. The summed E-state index contributed by atoms with van der Waals surface area (Å²) in [7, 11) is 1.61. The van der Waals surface area contributed by atoms with Crippen LogP contribution in [-0.4, -0.2) is 31.3 Å². The van der Waals surface area contributed by atoms with Crippen molar-refractivity contribution in [3.8, 4) is 17.2 Å². The monoisotopic (exact) mass is 383 g/mol. The molecule has 0 aromatic heterocycles. The summed E-state index contributed by atoms with van der Waals surface area (Å²) in [6, 6.07) is 12.6. The van der Waals surface area contributed by atoms with E-state index >= 15 is 0 Å². The molecule has 2 rings (SSSR count). The molecular formula is C23H29NO4. The molecule has 28 heavy (non-hydrogen) atoms. The van der Waals surface area contributed by atoms with Gasteiger partial charge in [0.15, 0.2) is 11.5 Å². The standard InChI is InChI=1S/C23H29NO4/c1-17(2)13-15-28-22-16-19(6-10-21(22)27-3)7-11-23(26)24-14-12-18-4-8-20(25)9-5-18/h4-11,16-17,25H,12-15H2,1-3H3,(H,24,26). The van der Waals surface area contributed by atoms with Crippen molar-refractivity contribution >= 4 is 12.0 Å². The van der Waals surface area contributed by atoms with Crippen LogP contribution in [-0.2, 0) is 11.2 Å². The molecule has 5 heteroatoms. The zero-order chi connectivity index (χ0) is 20.4. The van der Waals surface area contributed by atoms with E-state index in [9.17, 15) is 9.90 Å². The summed E-state index contributed by atoms with van der Waals surface area (Å²) < 4.78 is 11.2. The molecule has 2 aromatic rings. The molecule has 0 aliphatic rings. The van der Waals surface area contributed by atoms with Crippen LogP contribution in [0.5, 0.6) is 17.2 Å². The fourth-order valence-corrected chi connectivity index (χ4v) is 2.54. The second kappa shape index (κ2) is 11.0. The third-order valence-corrected chi connectivity index (χ3v) is 4.22. The number of phenolic OH excluding ortho intramolecular Hbond substituents is 1. The lowest BCUT2D eigenvalue weighted by Gasteiger charge is -2.12. The summed E-state index contributed by atoms with van der Waals surface area (Å²) >= 11 is 0. The van der Waals surface area contributed by atoms with Crippen LogP contribution in [0.1, 0.15) is 31.4 Å². The zero-order valence-corrected chi connectivity index (χ0v) is 16.8. The van der Waals surface area contributed by atoms with Crippen LogP contribution >= 0.6 is 0 Å². The lowest BCUT2D eigenvalue weighted by Crippen LogP contribution is -2.23. The van der Waals surface area contributed by atoms with Gasteiger partial charge in [-0.2, -0.15) is 0 Å². The normalized spacial score (nSPS) is 11.0. The van der Waals surface area contributed by atoms with Crippen LogP contribution in [0.4, 0.5) is 0 Å². The molecule has 0 atom stereocenters. The van der Waals surface area contributed by atoms with Gasteiger partial charge in [0, 0.05) is 12.6 Å². The topological polar surface area (TPSA) is 67.8 Å². The molecule has 0 radical (unpaired) electrons. The van der Waals surface area contributed by atoms with Gasteiger partial charge < -0.3 is 19.9 Å². The predicted octanol–water partition coefficient (Wildman–Crippen LogP) is 4.20. The Hall–Kier alpha value is -2.95. The van der Waals surface area contributed by atoms with Crippen molar-refractivity contribution in [3.63, 3.8) is 0 Å². The van der Waals surface area contributed by atoms with Gasteiger partial charge in [-0.25, -0.2) is 0 Å². The highest BCUT2D eigenvalue weighted by atomic mass is 16.5. The highest BCUT2D eigenvalue weighted by Crippen LogP contribution is 2.29. The first-order valence-corrected chi connectivity index (χ1v) is 9.52. The number of carbonyl (C=O) groups excluding carboxylic acids is 1. The van der Waals surface area contributed by atoms with E-state index in [1.54, 1.807) is 25.3 Å². The number of phenols is 1. The van der Waals surface area contributed by atoms with Crippen LogP contribution in [0.25, 0.3) is 6.08 Å². The minimum absolute atomic E-state index is 0.156. The van der Waals surface area contributed by atoms with E-state index in [0.717, 1.165) is 17.5 Å². The molecule has 2 aromatic carbocycles. The number of rotatable bonds is 10. The first kappa shape index (κ1) is 21.4. The number of hydrogen-bond donors (Lipinski definition) is 2. The first-order chi connectivity index (χ1) is 13.5. The second-order valence-electron chi connectivity index (χ2n) is 6.98. The van der Waals surface area contributed by atoms with E-state index < -0.39 is 0 Å². The highest BCUT2D eigenvalue weighted by Gasteiger charge is 2.06. The maximum atomic E-state index is 12.0. The number of carbonyl (C=O) groups is 1. The molecule has 0 fully saturated rings. The molecule has 0 heterocycles. The van der Waals surface area contributed by atoms with E-state index in [-0.39, 0.29) is 11.7 Å². The maximum Gasteiger partial charge on any atom is 0.244 e. The first-order valence-electron chi connectivity index (χ1n) is 9.52. The van der Waals surface area contributed by atoms with Gasteiger partial charge in [-0.15, -0.1) is 0 Å². The van der Waals surface area contributed by atoms with Crippen molar-refractivity contribution in [2.24, 2.45) is 5.92 Å². The van der Waals surface area contributed by atoms with Crippen molar-refractivity contribution in [1.29, 1.82) is 0 Å². The molecule has 150 valence electrons. The van der Waals surface area contributed by atoms with Crippen LogP contribution < -0.4 is 14.8 Å². The maximum absolute atomic E-state index is 12.0. The summed E-state index contributed by atoms with van der Waals surface area (Å²) in [6.45, 7) is 5.46. The predicted molar refractivity (Wildman–Crippen MR) is 112 cm³/mol. The Bertz CT molecular complexity index is 782. The Kier molecular flexibility index (Phi) is 8.40. The lowest BCUT2D eigenvalue weighted by molar-refractivity contribution is -0.116. The van der Waals surface area contributed by atoms with Crippen molar-refractivity contribution < 1.29 is 19.4 Å². The van der Waals surface area contributed by atoms with Crippen LogP contribution in [0.2, 0.25) is 0 Å². The van der Waals surface area contributed by atoms with E-state index in [2.05, 4.69) is 19.2 Å². The van der Waals surface area contributed by atoms with Crippen LogP contribution in [0, 0.1) is 5.92 Å². The van der Waals surface area contributed by atoms with Gasteiger partial charge in [-0.05, 0) is 60.2 Å². The van der Waals surface area contributed by atoms with Gasteiger partial charge >= 0.3 is 0 Å². The Morgan fingerprint density at radius 1 is 1.14 bits per heavy atom. The average Bonchev–Trinajstić information content (AvgIpc) is 2.68. The van der Waals surface area contributed by atoms with E-state index in [1.807, 2.05) is 30.3 Å². The summed E-state index contributed by atoms with van der Waals surface area (Å²) in [5.74, 6) is 2.01. The number of aromatic hydroxyl groups is 1. The molecule has 0 unspecified atom stereocenters. The molecule has 0 bridgehead atoms. The van der Waals surface area contributed by atoms with E-state index in [4.69, 9.17) is 9.47 Å². The van der Waals surface area contributed by atoms with Crippen LogP contribution in [0.3, 0.4) is 0 Å². The molecule has 0 saturated heterocycles. The van der Waals surface area contributed by atoms with Crippen LogP contribution in [0.15, 0.2) is 48.5 Å². The number of benzene rings is 2. The Morgan fingerprint density at radius 2 is 1.89 bits per heavy atom. The Morgan fingerprint density at radius 3 is 2.57 bits per heavy atom. The molecule has 0 aliphatic carbocycles. The van der Waals surface area contributed by atoms with Gasteiger partial charge in [0.05, 0.1) is 13.7 Å². The Labute approximate surface area is 167 Å². The fourth-order valence-electron chi connectivity index (χ4n) is 2.54. The highest BCUT2D eigenvalue weighted by molar-refractivity contribution is 5.91. The van der Waals surface area contributed by atoms with Gasteiger partial charge in [-0.1, -0.05) is 32.0 Å². The SMILES string of the molecule is COc1ccc(C=CC(=O)NCCc2ccc(O)cc2)cc1OCCC(C)C. The zero-order valence-electron chi connectivity index (χ0n) is 16.8. The molecule has 2 N–H and O–H groups in total. The quantitative estimate of drug-likeness (QED) is 0.604. The van der Waals surface area contributed by atoms with Gasteiger partial charge in [0.25, 0.3) is 0 Å². The largest absolute Gasteiger partial charge is 0.508 e. The lowest BCUT2D eigenvalue weighted by atomic mass is 10.1. The molecule has 0 spiro atoms. The van der Waals surface area contributed by atoms with Crippen molar-refractivity contribution in [1.82, 2.24) is 5.32 Å². The number of hydrogen-bond acceptors (Lipinski definition) is 4. The second-order valence-corrected chi connectivity index (χ2v) is 6.98. The molecule has 5 nitrogen and oxygen atoms in total. The third-order valence-electron chi connectivity index (χ3n) is 4.22. The smallest absolute Gasteiger partial charge is 0.244 e. The Balaban J connectivity index is 1.87. The molecule has 0 saturated carbocycles. The molecule has 0 aliphatic heterocycles. The number of ether oxygens (including phenoxy) is 2. The average molecular weight is 383 g/mol. The number of nitrogens with one attached hydrogen (secondary N) is 1. The number of amides is 1. The summed E-state index contributed by atoms with van der Waals surface area (Å²) in [5, 5.41) is 12.1. The van der Waals surface area contributed by atoms with E-state index in [0.29, 0.717) is 37.0 Å².